The molecule has 0 spiro atoms. The van der Waals surface area contributed by atoms with Gasteiger partial charge in [0, 0.05) is 9.92 Å². The van der Waals surface area contributed by atoms with Crippen LogP contribution < -0.4 is 10.4 Å². The number of carboxylic acid groups (broad SMARTS) is 1. The van der Waals surface area contributed by atoms with Crippen molar-refractivity contribution in [3.63, 3.8) is 0 Å². The number of halogens is 1. The Morgan fingerprint density at radius 2 is 1.79 bits per heavy atom. The lowest BCUT2D eigenvalue weighted by molar-refractivity contribution is -0.133. The first-order chi connectivity index (χ1) is 14.0. The van der Waals surface area contributed by atoms with Crippen LogP contribution in [-0.4, -0.2) is 16.8 Å². The fourth-order valence-electron chi connectivity index (χ4n) is 3.20. The smallest absolute Gasteiger partial charge is 0.313 e. The lowest BCUT2D eigenvalue weighted by Crippen LogP contribution is -2.27. The number of aliphatic carboxylic acids is 1. The molecule has 0 atom stereocenters. The molecule has 0 aliphatic carbocycles. The maximum atomic E-state index is 11.1. The third-order valence-corrected chi connectivity index (χ3v) is 5.86. The second-order valence-electron chi connectivity index (χ2n) is 6.58. The molecule has 0 aliphatic heterocycles. The number of benzene rings is 3. The highest BCUT2D eigenvalue weighted by Gasteiger charge is 2.10. The number of carboxylic acids is 1. The molecule has 0 unspecified atom stereocenters. The van der Waals surface area contributed by atoms with Crippen molar-refractivity contribution in [2.75, 3.05) is 5.75 Å². The molecule has 3 rings (SSSR count). The topological polar surface area (TPSA) is 37.3 Å². The fraction of sp³-hybridized carbons (Fsp3) is 0.0800. The minimum Gasteiger partial charge on any atom is -0.481 e. The molecule has 0 saturated carbocycles. The second-order valence-corrected chi connectivity index (χ2v) is 8.04. The van der Waals surface area contributed by atoms with Gasteiger partial charge in [-0.2, -0.15) is 0 Å². The molecule has 0 saturated heterocycles. The Morgan fingerprint density at radius 3 is 2.52 bits per heavy atom. The maximum Gasteiger partial charge on any atom is 0.313 e. The minimum atomic E-state index is -0.833. The molecule has 0 aromatic heterocycles. The summed E-state index contributed by atoms with van der Waals surface area (Å²) in [4.78, 5) is 12.0. The molecule has 0 heterocycles. The average molecular weight is 421 g/mol. The van der Waals surface area contributed by atoms with Crippen LogP contribution in [-0.2, 0) is 11.2 Å². The maximum absolute atomic E-state index is 11.1. The molecular weight excluding hydrogens is 400 g/mol. The van der Waals surface area contributed by atoms with Gasteiger partial charge in [0.05, 0.1) is 5.75 Å². The summed E-state index contributed by atoms with van der Waals surface area (Å²) >= 11 is 7.50. The van der Waals surface area contributed by atoms with Gasteiger partial charge in [0.1, 0.15) is 0 Å². The van der Waals surface area contributed by atoms with Crippen LogP contribution in [0.25, 0.3) is 23.8 Å². The summed E-state index contributed by atoms with van der Waals surface area (Å²) in [6.45, 7) is 7.93. The Morgan fingerprint density at radius 1 is 1.03 bits per heavy atom. The molecule has 0 aliphatic rings. The van der Waals surface area contributed by atoms with E-state index in [0.29, 0.717) is 11.4 Å². The van der Waals surface area contributed by atoms with Crippen molar-refractivity contribution in [1.29, 1.82) is 0 Å². The largest absolute Gasteiger partial charge is 0.481 e. The lowest BCUT2D eigenvalue weighted by Gasteiger charge is -2.13. The van der Waals surface area contributed by atoms with Crippen LogP contribution in [0.5, 0.6) is 0 Å². The molecule has 0 radical (unpaired) electrons. The van der Waals surface area contributed by atoms with Gasteiger partial charge in [0.15, 0.2) is 0 Å². The van der Waals surface area contributed by atoms with E-state index in [1.165, 1.54) is 11.8 Å². The zero-order valence-corrected chi connectivity index (χ0v) is 17.5. The Balaban J connectivity index is 2.09. The van der Waals surface area contributed by atoms with E-state index >= 15 is 0 Å². The summed E-state index contributed by atoms with van der Waals surface area (Å²) in [5, 5.41) is 11.8. The number of rotatable bonds is 7. The van der Waals surface area contributed by atoms with E-state index in [2.05, 4.69) is 25.3 Å². The highest BCUT2D eigenvalue weighted by Crippen LogP contribution is 2.30. The van der Waals surface area contributed by atoms with Crippen molar-refractivity contribution in [3.05, 3.63) is 99.9 Å². The zero-order chi connectivity index (χ0) is 20.8. The Kier molecular flexibility index (Phi) is 6.97. The van der Waals surface area contributed by atoms with E-state index in [-0.39, 0.29) is 5.75 Å². The van der Waals surface area contributed by atoms with Gasteiger partial charge in [-0.1, -0.05) is 73.3 Å². The van der Waals surface area contributed by atoms with Crippen molar-refractivity contribution in [2.24, 2.45) is 0 Å². The van der Waals surface area contributed by atoms with Crippen LogP contribution in [0, 0.1) is 0 Å². The number of thioether (sulfide) groups is 1. The molecule has 2 nitrogen and oxygen atoms in total. The first-order valence-corrected chi connectivity index (χ1v) is 10.5. The SMILES string of the molecule is C=C/C=c1/c(Cc2cc(-c3cccc(Cl)c3)ccc2SCC(=O)O)cccc1=C. The van der Waals surface area contributed by atoms with E-state index < -0.39 is 5.97 Å². The molecule has 3 aromatic rings. The zero-order valence-electron chi connectivity index (χ0n) is 15.9. The van der Waals surface area contributed by atoms with Gasteiger partial charge >= 0.3 is 5.97 Å². The van der Waals surface area contributed by atoms with Crippen LogP contribution in [0.3, 0.4) is 0 Å². The minimum absolute atomic E-state index is 0.0184. The molecule has 0 amide bonds. The van der Waals surface area contributed by atoms with E-state index in [1.807, 2.05) is 54.6 Å². The van der Waals surface area contributed by atoms with Crippen molar-refractivity contribution in [1.82, 2.24) is 0 Å². The fourth-order valence-corrected chi connectivity index (χ4v) is 4.15. The highest BCUT2D eigenvalue weighted by atomic mass is 35.5. The summed E-state index contributed by atoms with van der Waals surface area (Å²) in [5.74, 6) is -0.815. The third-order valence-electron chi connectivity index (χ3n) is 4.52. The van der Waals surface area contributed by atoms with Gasteiger partial charge in [-0.05, 0) is 63.4 Å². The van der Waals surface area contributed by atoms with E-state index in [4.69, 9.17) is 16.7 Å². The molecule has 0 bridgehead atoms. The van der Waals surface area contributed by atoms with Crippen molar-refractivity contribution in [2.45, 2.75) is 11.3 Å². The number of allylic oxidation sites excluding steroid dienone is 1. The first-order valence-electron chi connectivity index (χ1n) is 9.11. The number of hydrogen-bond donors (Lipinski definition) is 1. The van der Waals surface area contributed by atoms with Gasteiger partial charge in [-0.25, -0.2) is 0 Å². The normalized spacial score (nSPS) is 11.4. The van der Waals surface area contributed by atoms with Crippen LogP contribution in [0.1, 0.15) is 11.1 Å². The van der Waals surface area contributed by atoms with E-state index in [1.54, 1.807) is 6.08 Å². The predicted molar refractivity (Wildman–Crippen MR) is 124 cm³/mol. The summed E-state index contributed by atoms with van der Waals surface area (Å²) < 4.78 is 0. The third kappa shape index (κ3) is 5.41. The van der Waals surface area contributed by atoms with E-state index in [9.17, 15) is 4.79 Å². The molecule has 29 heavy (non-hydrogen) atoms. The molecule has 4 heteroatoms. The highest BCUT2D eigenvalue weighted by molar-refractivity contribution is 8.00. The van der Waals surface area contributed by atoms with Crippen LogP contribution in [0.4, 0.5) is 0 Å². The predicted octanol–water partition coefficient (Wildman–Crippen LogP) is 5.15. The van der Waals surface area contributed by atoms with Gasteiger partial charge in [0.25, 0.3) is 0 Å². The monoisotopic (exact) mass is 420 g/mol. The van der Waals surface area contributed by atoms with Crippen LogP contribution in [0.2, 0.25) is 5.02 Å². The average Bonchev–Trinajstić information content (AvgIpc) is 2.69. The summed E-state index contributed by atoms with van der Waals surface area (Å²) in [7, 11) is 0. The second kappa shape index (κ2) is 9.64. The van der Waals surface area contributed by atoms with Crippen LogP contribution >= 0.6 is 23.4 Å². The van der Waals surface area contributed by atoms with Gasteiger partial charge < -0.3 is 5.11 Å². The molecule has 1 N–H and O–H groups in total. The van der Waals surface area contributed by atoms with Crippen molar-refractivity contribution < 1.29 is 9.90 Å². The van der Waals surface area contributed by atoms with Gasteiger partial charge in [-0.15, -0.1) is 11.8 Å². The quantitative estimate of drug-likeness (QED) is 0.537. The summed E-state index contributed by atoms with van der Waals surface area (Å²) in [6, 6.07) is 19.9. The van der Waals surface area contributed by atoms with Crippen molar-refractivity contribution in [3.8, 4) is 11.1 Å². The van der Waals surface area contributed by atoms with Crippen LogP contribution in [0.15, 0.2) is 78.2 Å². The number of carbonyl (C=O) groups is 1. The Bertz CT molecular complexity index is 1170. The lowest BCUT2D eigenvalue weighted by atomic mass is 9.97. The molecular formula is C25H21ClO2S. The summed E-state index contributed by atoms with van der Waals surface area (Å²) in [6.07, 6.45) is 4.39. The van der Waals surface area contributed by atoms with E-state index in [0.717, 1.165) is 37.6 Å². The van der Waals surface area contributed by atoms with Gasteiger partial charge in [0.2, 0.25) is 0 Å². The number of hydrogen-bond acceptors (Lipinski definition) is 2. The summed E-state index contributed by atoms with van der Waals surface area (Å²) in [5.41, 5.74) is 4.26. The standard InChI is InChI=1S/C25H21ClO2S/c1-3-6-23-17(2)7-4-9-20(23)14-21-13-19(18-8-5-10-22(26)15-18)11-12-24(21)29-16-25(27)28/h3-13,15H,1-2,14,16H2,(H,27,28)/b23-6+. The Hall–Kier alpha value is -2.75. The molecule has 146 valence electrons. The Labute approximate surface area is 179 Å². The molecule has 3 aromatic carbocycles. The molecule has 0 fully saturated rings. The first kappa shape index (κ1) is 21.0. The van der Waals surface area contributed by atoms with Gasteiger partial charge in [-0.3, -0.25) is 4.79 Å². The van der Waals surface area contributed by atoms with Crippen molar-refractivity contribution >= 4 is 42.0 Å².